The van der Waals surface area contributed by atoms with E-state index in [0.717, 1.165) is 36.8 Å². The van der Waals surface area contributed by atoms with E-state index in [1.807, 2.05) is 54.6 Å². The Labute approximate surface area is 201 Å². The molecule has 0 aromatic heterocycles. The summed E-state index contributed by atoms with van der Waals surface area (Å²) in [6, 6.07) is 25.3. The minimum absolute atomic E-state index is 0.132. The summed E-state index contributed by atoms with van der Waals surface area (Å²) in [5.74, 6) is 0.273. The first-order valence-corrected chi connectivity index (χ1v) is 12.0. The van der Waals surface area contributed by atoms with Crippen molar-refractivity contribution in [1.29, 1.82) is 0 Å². The van der Waals surface area contributed by atoms with E-state index in [9.17, 15) is 9.59 Å². The molecule has 1 aliphatic rings. The highest BCUT2D eigenvalue weighted by molar-refractivity contribution is 6.05. The van der Waals surface area contributed by atoms with Gasteiger partial charge in [-0.2, -0.15) is 0 Å². The summed E-state index contributed by atoms with van der Waals surface area (Å²) >= 11 is 0. The molecular formula is C29H32N2O3. The van der Waals surface area contributed by atoms with Gasteiger partial charge >= 0.3 is 0 Å². The molecule has 0 spiro atoms. The van der Waals surface area contributed by atoms with Crippen LogP contribution in [0.1, 0.15) is 49.4 Å². The first-order chi connectivity index (χ1) is 16.5. The third-order valence-electron chi connectivity index (χ3n) is 6.40. The number of nitrogens with one attached hydrogen (secondary N) is 1. The first kappa shape index (κ1) is 23.6. The number of amides is 2. The van der Waals surface area contributed by atoms with Crippen LogP contribution in [0.4, 0.5) is 5.69 Å². The van der Waals surface area contributed by atoms with Crippen LogP contribution in [0.15, 0.2) is 78.9 Å². The van der Waals surface area contributed by atoms with Gasteiger partial charge < -0.3 is 15.0 Å². The van der Waals surface area contributed by atoms with Crippen LogP contribution in [0, 0.1) is 0 Å². The Bertz CT molecular complexity index is 1110. The maximum absolute atomic E-state index is 13.2. The van der Waals surface area contributed by atoms with Gasteiger partial charge in [0.15, 0.2) is 6.10 Å². The van der Waals surface area contributed by atoms with Crippen LogP contribution >= 0.6 is 0 Å². The molecule has 0 heterocycles. The predicted octanol–water partition coefficient (Wildman–Crippen LogP) is 5.85. The van der Waals surface area contributed by atoms with Crippen LogP contribution in [0.2, 0.25) is 0 Å². The molecule has 1 unspecified atom stereocenters. The molecule has 1 aliphatic carbocycles. The Morgan fingerprint density at radius 1 is 0.853 bits per heavy atom. The molecule has 1 saturated carbocycles. The average Bonchev–Trinajstić information content (AvgIpc) is 2.89. The summed E-state index contributed by atoms with van der Waals surface area (Å²) in [5, 5.41) is 3.15. The Morgan fingerprint density at radius 2 is 1.47 bits per heavy atom. The zero-order valence-electron chi connectivity index (χ0n) is 19.9. The lowest BCUT2D eigenvalue weighted by Gasteiger charge is -2.26. The van der Waals surface area contributed by atoms with Crippen molar-refractivity contribution in [2.45, 2.75) is 51.2 Å². The van der Waals surface area contributed by atoms with Crippen LogP contribution in [0.3, 0.4) is 0 Å². The van der Waals surface area contributed by atoms with E-state index in [1.165, 1.54) is 11.3 Å². The second-order valence-electron chi connectivity index (χ2n) is 8.87. The molecule has 3 aromatic carbocycles. The molecule has 4 rings (SSSR count). The van der Waals surface area contributed by atoms with Crippen LogP contribution in [0.25, 0.3) is 11.1 Å². The highest BCUT2D eigenvalue weighted by Gasteiger charge is 2.25. The minimum atomic E-state index is -0.706. The number of rotatable bonds is 7. The summed E-state index contributed by atoms with van der Waals surface area (Å²) in [6.07, 6.45) is 4.83. The van der Waals surface area contributed by atoms with Gasteiger partial charge in [0.2, 0.25) is 0 Å². The number of anilines is 1. The van der Waals surface area contributed by atoms with Crippen molar-refractivity contribution in [3.8, 4) is 16.9 Å². The Balaban J connectivity index is 1.42. The number of hydrogen-bond donors (Lipinski definition) is 1. The fraction of sp³-hybridized carbons (Fsp3) is 0.310. The standard InChI is InChI=1S/C29H32N2O3/c1-21(34-25-19-17-23(18-20-25)22-11-5-3-6-12-22)29(33)31(2)27-16-10-9-15-26(27)28(32)30-24-13-7-4-8-14-24/h3,5-6,9-12,15-21,24H,4,7-8,13-14H2,1-2H3,(H,30,32). The molecule has 0 aliphatic heterocycles. The summed E-state index contributed by atoms with van der Waals surface area (Å²) in [7, 11) is 1.69. The monoisotopic (exact) mass is 456 g/mol. The van der Waals surface area contributed by atoms with E-state index >= 15 is 0 Å². The number of hydrogen-bond acceptors (Lipinski definition) is 3. The molecule has 0 radical (unpaired) electrons. The SMILES string of the molecule is CC(Oc1ccc(-c2ccccc2)cc1)C(=O)N(C)c1ccccc1C(=O)NC1CCCCC1. The Morgan fingerprint density at radius 3 is 2.18 bits per heavy atom. The first-order valence-electron chi connectivity index (χ1n) is 12.0. The largest absolute Gasteiger partial charge is 0.481 e. The lowest BCUT2D eigenvalue weighted by atomic mass is 9.95. The number of nitrogens with zero attached hydrogens (tertiary/aromatic N) is 1. The molecule has 3 aromatic rings. The van der Waals surface area contributed by atoms with Gasteiger partial charge in [-0.05, 0) is 55.2 Å². The van der Waals surface area contributed by atoms with Crippen LogP contribution < -0.4 is 15.0 Å². The van der Waals surface area contributed by atoms with Gasteiger partial charge in [-0.1, -0.05) is 73.9 Å². The lowest BCUT2D eigenvalue weighted by Crippen LogP contribution is -2.40. The van der Waals surface area contributed by atoms with Crippen molar-refractivity contribution in [1.82, 2.24) is 5.32 Å². The maximum Gasteiger partial charge on any atom is 0.267 e. The van der Waals surface area contributed by atoms with Crippen molar-refractivity contribution in [2.24, 2.45) is 0 Å². The van der Waals surface area contributed by atoms with Crippen LogP contribution in [0.5, 0.6) is 5.75 Å². The molecular weight excluding hydrogens is 424 g/mol. The number of ether oxygens (including phenoxy) is 1. The molecule has 34 heavy (non-hydrogen) atoms. The fourth-order valence-electron chi connectivity index (χ4n) is 4.47. The number of likely N-dealkylation sites (N-methyl/N-ethyl adjacent to an activating group) is 1. The predicted molar refractivity (Wildman–Crippen MR) is 136 cm³/mol. The summed E-state index contributed by atoms with van der Waals surface area (Å²) in [4.78, 5) is 27.7. The molecule has 5 heteroatoms. The van der Waals surface area contributed by atoms with Crippen molar-refractivity contribution >= 4 is 17.5 Å². The van der Waals surface area contributed by atoms with Gasteiger partial charge in [-0.25, -0.2) is 0 Å². The molecule has 0 saturated heterocycles. The zero-order valence-corrected chi connectivity index (χ0v) is 19.9. The second-order valence-corrected chi connectivity index (χ2v) is 8.87. The Hall–Kier alpha value is -3.60. The van der Waals surface area contributed by atoms with E-state index in [0.29, 0.717) is 17.0 Å². The zero-order chi connectivity index (χ0) is 23.9. The number of benzene rings is 3. The molecule has 2 amide bonds. The third-order valence-corrected chi connectivity index (χ3v) is 6.40. The highest BCUT2D eigenvalue weighted by atomic mass is 16.5. The minimum Gasteiger partial charge on any atom is -0.481 e. The topological polar surface area (TPSA) is 58.6 Å². The number of carbonyl (C=O) groups is 2. The molecule has 1 atom stereocenters. The Kier molecular flexibility index (Phi) is 7.63. The summed E-state index contributed by atoms with van der Waals surface area (Å²) < 4.78 is 5.94. The summed E-state index contributed by atoms with van der Waals surface area (Å²) in [5.41, 5.74) is 3.29. The molecule has 1 fully saturated rings. The van der Waals surface area contributed by atoms with E-state index in [1.54, 1.807) is 26.1 Å². The smallest absolute Gasteiger partial charge is 0.267 e. The van der Waals surface area contributed by atoms with E-state index in [-0.39, 0.29) is 17.9 Å². The van der Waals surface area contributed by atoms with E-state index < -0.39 is 6.10 Å². The maximum atomic E-state index is 13.2. The van der Waals surface area contributed by atoms with Crippen molar-refractivity contribution in [2.75, 3.05) is 11.9 Å². The van der Waals surface area contributed by atoms with Crippen molar-refractivity contribution < 1.29 is 14.3 Å². The number of carbonyl (C=O) groups excluding carboxylic acids is 2. The molecule has 5 nitrogen and oxygen atoms in total. The van der Waals surface area contributed by atoms with Gasteiger partial charge in [0.25, 0.3) is 11.8 Å². The molecule has 176 valence electrons. The summed E-state index contributed by atoms with van der Waals surface area (Å²) in [6.45, 7) is 1.73. The van der Waals surface area contributed by atoms with Gasteiger partial charge in [-0.15, -0.1) is 0 Å². The lowest BCUT2D eigenvalue weighted by molar-refractivity contribution is -0.124. The van der Waals surface area contributed by atoms with Gasteiger partial charge in [0.1, 0.15) is 5.75 Å². The van der Waals surface area contributed by atoms with Crippen molar-refractivity contribution in [3.05, 3.63) is 84.4 Å². The van der Waals surface area contributed by atoms with Crippen molar-refractivity contribution in [3.63, 3.8) is 0 Å². The third kappa shape index (κ3) is 5.66. The fourth-order valence-corrected chi connectivity index (χ4v) is 4.47. The van der Waals surface area contributed by atoms with E-state index in [4.69, 9.17) is 4.74 Å². The molecule has 0 bridgehead atoms. The second kappa shape index (κ2) is 11.0. The van der Waals surface area contributed by atoms with Crippen LogP contribution in [-0.4, -0.2) is 31.0 Å². The van der Waals surface area contributed by atoms with Gasteiger partial charge in [-0.3, -0.25) is 9.59 Å². The van der Waals surface area contributed by atoms with Gasteiger partial charge in [0.05, 0.1) is 11.3 Å². The highest BCUT2D eigenvalue weighted by Crippen LogP contribution is 2.25. The quantitative estimate of drug-likeness (QED) is 0.485. The molecule has 1 N–H and O–H groups in total. The normalized spacial score (nSPS) is 14.8. The van der Waals surface area contributed by atoms with Gasteiger partial charge in [0, 0.05) is 13.1 Å². The van der Waals surface area contributed by atoms with Crippen LogP contribution in [-0.2, 0) is 4.79 Å². The van der Waals surface area contributed by atoms with E-state index in [2.05, 4.69) is 17.4 Å². The number of para-hydroxylation sites is 1. The average molecular weight is 457 g/mol.